The van der Waals surface area contributed by atoms with Gasteiger partial charge in [-0.2, -0.15) is 0 Å². The van der Waals surface area contributed by atoms with E-state index in [-0.39, 0.29) is 0 Å². The van der Waals surface area contributed by atoms with Gasteiger partial charge in [0.2, 0.25) is 0 Å². The van der Waals surface area contributed by atoms with Crippen molar-refractivity contribution >= 4 is 23.4 Å². The molecule has 2 aromatic rings. The van der Waals surface area contributed by atoms with E-state index in [1.165, 1.54) is 0 Å². The third-order valence-corrected chi connectivity index (χ3v) is 3.37. The van der Waals surface area contributed by atoms with Crippen LogP contribution >= 0.6 is 11.8 Å². The van der Waals surface area contributed by atoms with Gasteiger partial charge in [0.1, 0.15) is 11.6 Å². The lowest BCUT2D eigenvalue weighted by molar-refractivity contribution is 0.958. The molecule has 0 amide bonds. The first-order valence-electron chi connectivity index (χ1n) is 6.79. The monoisotopic (exact) mass is 288 g/mol. The number of rotatable bonds is 6. The third-order valence-electron chi connectivity index (χ3n) is 2.82. The summed E-state index contributed by atoms with van der Waals surface area (Å²) in [6.45, 7) is 5.80. The van der Waals surface area contributed by atoms with Gasteiger partial charge in [-0.1, -0.05) is 42.1 Å². The van der Waals surface area contributed by atoms with Crippen molar-refractivity contribution in [2.75, 3.05) is 30.0 Å². The molecule has 0 saturated heterocycles. The van der Waals surface area contributed by atoms with Gasteiger partial charge in [-0.15, -0.1) is 0 Å². The number of thioether (sulfide) groups is 1. The lowest BCUT2D eigenvalue weighted by atomic mass is 10.1. The summed E-state index contributed by atoms with van der Waals surface area (Å²) >= 11 is 1.55. The van der Waals surface area contributed by atoms with Gasteiger partial charge in [0, 0.05) is 13.1 Å². The van der Waals surface area contributed by atoms with Crippen molar-refractivity contribution in [3.8, 4) is 11.1 Å². The van der Waals surface area contributed by atoms with Gasteiger partial charge in [0.05, 0.1) is 5.56 Å². The van der Waals surface area contributed by atoms with Crippen LogP contribution in [0.25, 0.3) is 11.1 Å². The van der Waals surface area contributed by atoms with Gasteiger partial charge in [-0.3, -0.25) is 0 Å². The van der Waals surface area contributed by atoms with Crippen LogP contribution in [0.3, 0.4) is 0 Å². The summed E-state index contributed by atoms with van der Waals surface area (Å²) in [5.74, 6) is 1.77. The number of nitrogens with one attached hydrogen (secondary N) is 2. The minimum atomic E-state index is 0.775. The van der Waals surface area contributed by atoms with Crippen molar-refractivity contribution in [3.63, 3.8) is 0 Å². The van der Waals surface area contributed by atoms with Crippen molar-refractivity contribution < 1.29 is 0 Å². The molecule has 1 heterocycles. The highest BCUT2D eigenvalue weighted by atomic mass is 32.2. The molecule has 0 saturated carbocycles. The molecule has 20 heavy (non-hydrogen) atoms. The summed E-state index contributed by atoms with van der Waals surface area (Å²) in [5.41, 5.74) is 2.15. The highest BCUT2D eigenvalue weighted by molar-refractivity contribution is 7.98. The Hall–Kier alpha value is -1.75. The van der Waals surface area contributed by atoms with Crippen LogP contribution in [0.1, 0.15) is 13.8 Å². The van der Waals surface area contributed by atoms with E-state index in [0.717, 1.165) is 41.0 Å². The van der Waals surface area contributed by atoms with Crippen LogP contribution in [0.2, 0.25) is 0 Å². The largest absolute Gasteiger partial charge is 0.370 e. The maximum Gasteiger partial charge on any atom is 0.191 e. The minimum absolute atomic E-state index is 0.775. The molecule has 0 aliphatic heterocycles. The molecule has 2 N–H and O–H groups in total. The van der Waals surface area contributed by atoms with Crippen LogP contribution in [0, 0.1) is 0 Å². The molecular weight excluding hydrogens is 268 g/mol. The van der Waals surface area contributed by atoms with Gasteiger partial charge in [-0.25, -0.2) is 9.97 Å². The second-order valence-electron chi connectivity index (χ2n) is 4.21. The Bertz CT molecular complexity index is 530. The second kappa shape index (κ2) is 7.14. The van der Waals surface area contributed by atoms with Crippen molar-refractivity contribution in [1.82, 2.24) is 9.97 Å². The third kappa shape index (κ3) is 3.22. The molecule has 0 unspecified atom stereocenters. The fraction of sp³-hybridized carbons (Fsp3) is 0.333. The maximum atomic E-state index is 4.60. The zero-order valence-electron chi connectivity index (χ0n) is 12.1. The van der Waals surface area contributed by atoms with Crippen LogP contribution in [0.4, 0.5) is 11.6 Å². The van der Waals surface area contributed by atoms with Gasteiger partial charge in [0.15, 0.2) is 5.16 Å². The summed E-state index contributed by atoms with van der Waals surface area (Å²) in [5, 5.41) is 7.46. The first-order chi connectivity index (χ1) is 9.80. The summed E-state index contributed by atoms with van der Waals surface area (Å²) in [6, 6.07) is 10.2. The Morgan fingerprint density at radius 2 is 1.50 bits per heavy atom. The summed E-state index contributed by atoms with van der Waals surface area (Å²) < 4.78 is 0. The Labute approximate surface area is 124 Å². The van der Waals surface area contributed by atoms with Crippen molar-refractivity contribution in [2.45, 2.75) is 19.0 Å². The minimum Gasteiger partial charge on any atom is -0.370 e. The van der Waals surface area contributed by atoms with E-state index in [0.29, 0.717) is 0 Å². The molecule has 0 atom stereocenters. The quantitative estimate of drug-likeness (QED) is 0.626. The van der Waals surface area contributed by atoms with Crippen LogP contribution in [-0.2, 0) is 0 Å². The number of nitrogens with zero attached hydrogens (tertiary/aromatic N) is 2. The second-order valence-corrected chi connectivity index (χ2v) is 4.98. The van der Waals surface area contributed by atoms with E-state index in [1.807, 2.05) is 24.5 Å². The molecule has 1 aromatic heterocycles. The highest BCUT2D eigenvalue weighted by Crippen LogP contribution is 2.34. The number of benzene rings is 1. The first-order valence-corrected chi connectivity index (χ1v) is 8.01. The predicted molar refractivity (Wildman–Crippen MR) is 87.6 cm³/mol. The number of aromatic nitrogens is 2. The number of anilines is 2. The van der Waals surface area contributed by atoms with Gasteiger partial charge < -0.3 is 10.6 Å². The van der Waals surface area contributed by atoms with E-state index < -0.39 is 0 Å². The molecule has 0 aliphatic rings. The number of hydrogen-bond donors (Lipinski definition) is 2. The maximum absolute atomic E-state index is 4.60. The topological polar surface area (TPSA) is 49.8 Å². The van der Waals surface area contributed by atoms with Gasteiger partial charge >= 0.3 is 0 Å². The highest BCUT2D eigenvalue weighted by Gasteiger charge is 2.15. The molecule has 5 heteroatoms. The Kier molecular flexibility index (Phi) is 5.24. The van der Waals surface area contributed by atoms with Crippen molar-refractivity contribution in [2.24, 2.45) is 0 Å². The lowest BCUT2D eigenvalue weighted by Crippen LogP contribution is -2.09. The molecule has 0 spiro atoms. The zero-order valence-corrected chi connectivity index (χ0v) is 12.9. The van der Waals surface area contributed by atoms with Crippen molar-refractivity contribution in [3.05, 3.63) is 30.3 Å². The van der Waals surface area contributed by atoms with E-state index in [2.05, 4.69) is 46.6 Å². The molecule has 0 fully saturated rings. The molecular formula is C15H20N4S. The van der Waals surface area contributed by atoms with Crippen molar-refractivity contribution in [1.29, 1.82) is 0 Å². The van der Waals surface area contributed by atoms with Crippen LogP contribution in [0.15, 0.2) is 35.5 Å². The van der Waals surface area contributed by atoms with E-state index in [1.54, 1.807) is 11.8 Å². The molecule has 2 rings (SSSR count). The molecule has 0 bridgehead atoms. The van der Waals surface area contributed by atoms with Crippen LogP contribution in [0.5, 0.6) is 0 Å². The zero-order chi connectivity index (χ0) is 14.4. The molecule has 0 radical (unpaired) electrons. The lowest BCUT2D eigenvalue weighted by Gasteiger charge is -2.16. The van der Waals surface area contributed by atoms with Crippen LogP contribution < -0.4 is 10.6 Å². The van der Waals surface area contributed by atoms with E-state index in [9.17, 15) is 0 Å². The fourth-order valence-corrected chi connectivity index (χ4v) is 2.37. The average Bonchev–Trinajstić information content (AvgIpc) is 2.48. The standard InChI is InChI=1S/C15H20N4S/c1-4-16-13-12(11-9-7-6-8-10-11)14(17-5-2)19-15(18-13)20-3/h6-10H,4-5H2,1-3H3,(H2,16,17,18,19). The molecule has 1 aromatic carbocycles. The van der Waals surface area contributed by atoms with Crippen LogP contribution in [-0.4, -0.2) is 29.3 Å². The predicted octanol–water partition coefficient (Wildman–Crippen LogP) is 3.73. The summed E-state index contributed by atoms with van der Waals surface area (Å²) in [7, 11) is 0. The number of hydrogen-bond acceptors (Lipinski definition) is 5. The smallest absolute Gasteiger partial charge is 0.191 e. The summed E-state index contributed by atoms with van der Waals surface area (Å²) in [4.78, 5) is 9.20. The van der Waals surface area contributed by atoms with Gasteiger partial charge in [-0.05, 0) is 25.7 Å². The molecule has 106 valence electrons. The van der Waals surface area contributed by atoms with E-state index in [4.69, 9.17) is 0 Å². The molecule has 4 nitrogen and oxygen atoms in total. The Morgan fingerprint density at radius 1 is 0.950 bits per heavy atom. The van der Waals surface area contributed by atoms with Gasteiger partial charge in [0.25, 0.3) is 0 Å². The first kappa shape index (κ1) is 14.7. The van der Waals surface area contributed by atoms with E-state index >= 15 is 0 Å². The molecule has 0 aliphatic carbocycles. The Balaban J connectivity index is 2.61. The summed E-state index contributed by atoms with van der Waals surface area (Å²) in [6.07, 6.45) is 1.99. The normalized spacial score (nSPS) is 10.3. The fourth-order valence-electron chi connectivity index (χ4n) is 2.00. The SMILES string of the molecule is CCNc1nc(SC)nc(NCC)c1-c1ccccc1. The Morgan fingerprint density at radius 3 is 1.95 bits per heavy atom. The average molecular weight is 288 g/mol.